The van der Waals surface area contributed by atoms with E-state index in [9.17, 15) is 4.79 Å². The number of ether oxygens (including phenoxy) is 1. The first kappa shape index (κ1) is 14.0. The van der Waals surface area contributed by atoms with Gasteiger partial charge in [-0.15, -0.1) is 0 Å². The molecule has 1 saturated heterocycles. The Hall–Kier alpha value is -1.39. The second-order valence-electron chi connectivity index (χ2n) is 5.28. The van der Waals surface area contributed by atoms with Crippen molar-refractivity contribution in [3.8, 4) is 0 Å². The van der Waals surface area contributed by atoms with Crippen molar-refractivity contribution in [3.63, 3.8) is 0 Å². The van der Waals surface area contributed by atoms with Crippen molar-refractivity contribution in [2.45, 2.75) is 38.5 Å². The maximum absolute atomic E-state index is 12.3. The van der Waals surface area contributed by atoms with Crippen molar-refractivity contribution in [1.29, 1.82) is 0 Å². The first-order chi connectivity index (χ1) is 9.06. The molecule has 2 rings (SSSR count). The SMILES string of the molecule is C[C@H]1CN(C(=O)C[C@H](N)c2ccccc2)C[C@H](C)O1. The van der Waals surface area contributed by atoms with Crippen LogP contribution in [0.25, 0.3) is 0 Å². The average molecular weight is 262 g/mol. The fourth-order valence-electron chi connectivity index (χ4n) is 2.52. The number of hydrogen-bond acceptors (Lipinski definition) is 3. The van der Waals surface area contributed by atoms with Gasteiger partial charge in [0.2, 0.25) is 5.91 Å². The van der Waals surface area contributed by atoms with Crippen molar-refractivity contribution >= 4 is 5.91 Å². The number of rotatable bonds is 3. The highest BCUT2D eigenvalue weighted by Crippen LogP contribution is 2.17. The summed E-state index contributed by atoms with van der Waals surface area (Å²) in [5.41, 5.74) is 7.10. The summed E-state index contributed by atoms with van der Waals surface area (Å²) in [4.78, 5) is 14.1. The Morgan fingerprint density at radius 3 is 2.47 bits per heavy atom. The van der Waals surface area contributed by atoms with Crippen molar-refractivity contribution in [3.05, 3.63) is 35.9 Å². The summed E-state index contributed by atoms with van der Waals surface area (Å²) in [6.07, 6.45) is 0.546. The topological polar surface area (TPSA) is 55.6 Å². The Labute approximate surface area is 114 Å². The molecule has 1 aliphatic heterocycles. The van der Waals surface area contributed by atoms with Crippen LogP contribution in [0.1, 0.15) is 31.9 Å². The summed E-state index contributed by atoms with van der Waals surface area (Å²) < 4.78 is 5.63. The molecule has 1 fully saturated rings. The van der Waals surface area contributed by atoms with Gasteiger partial charge >= 0.3 is 0 Å². The molecule has 0 unspecified atom stereocenters. The molecule has 1 amide bonds. The fraction of sp³-hybridized carbons (Fsp3) is 0.533. The summed E-state index contributed by atoms with van der Waals surface area (Å²) in [6, 6.07) is 9.52. The van der Waals surface area contributed by atoms with Crippen LogP contribution in [0.2, 0.25) is 0 Å². The number of carbonyl (C=O) groups is 1. The third-order valence-corrected chi connectivity index (χ3v) is 3.39. The third-order valence-electron chi connectivity index (χ3n) is 3.39. The van der Waals surface area contributed by atoms with Gasteiger partial charge in [-0.05, 0) is 19.4 Å². The van der Waals surface area contributed by atoms with Gasteiger partial charge in [0, 0.05) is 25.6 Å². The number of carbonyl (C=O) groups excluding carboxylic acids is 1. The first-order valence-electron chi connectivity index (χ1n) is 6.80. The number of morpholine rings is 1. The second kappa shape index (κ2) is 6.17. The van der Waals surface area contributed by atoms with Gasteiger partial charge in [-0.2, -0.15) is 0 Å². The van der Waals surface area contributed by atoms with Crippen molar-refractivity contribution in [1.82, 2.24) is 4.90 Å². The van der Waals surface area contributed by atoms with Gasteiger partial charge < -0.3 is 15.4 Å². The predicted molar refractivity (Wildman–Crippen MR) is 74.6 cm³/mol. The quantitative estimate of drug-likeness (QED) is 0.902. The number of hydrogen-bond donors (Lipinski definition) is 1. The highest BCUT2D eigenvalue weighted by Gasteiger charge is 2.26. The van der Waals surface area contributed by atoms with Crippen LogP contribution >= 0.6 is 0 Å². The monoisotopic (exact) mass is 262 g/mol. The molecule has 1 heterocycles. The van der Waals surface area contributed by atoms with Crippen LogP contribution in [0.5, 0.6) is 0 Å². The van der Waals surface area contributed by atoms with Gasteiger partial charge in [0.05, 0.1) is 12.2 Å². The van der Waals surface area contributed by atoms with Gasteiger partial charge in [-0.25, -0.2) is 0 Å². The molecule has 0 aliphatic carbocycles. The van der Waals surface area contributed by atoms with E-state index in [4.69, 9.17) is 10.5 Å². The normalized spacial score (nSPS) is 25.1. The standard InChI is InChI=1S/C15H22N2O2/c1-11-9-17(10-12(2)19-11)15(18)8-14(16)13-6-4-3-5-7-13/h3-7,11-12,14H,8-10,16H2,1-2H3/t11-,12-,14-/m0/s1. The molecule has 3 atom stereocenters. The average Bonchev–Trinajstić information content (AvgIpc) is 2.38. The van der Waals surface area contributed by atoms with Crippen LogP contribution in [-0.4, -0.2) is 36.1 Å². The Bertz CT molecular complexity index is 411. The van der Waals surface area contributed by atoms with E-state index in [2.05, 4.69) is 0 Å². The summed E-state index contributed by atoms with van der Waals surface area (Å²) in [5, 5.41) is 0. The number of benzene rings is 1. The lowest BCUT2D eigenvalue weighted by Gasteiger charge is -2.35. The predicted octanol–water partition coefficient (Wildman–Crippen LogP) is 1.71. The van der Waals surface area contributed by atoms with E-state index in [0.29, 0.717) is 19.5 Å². The lowest BCUT2D eigenvalue weighted by molar-refractivity contribution is -0.143. The maximum Gasteiger partial charge on any atom is 0.224 e. The molecule has 4 heteroatoms. The van der Waals surface area contributed by atoms with Gasteiger partial charge in [0.15, 0.2) is 0 Å². The third kappa shape index (κ3) is 3.78. The molecule has 0 bridgehead atoms. The van der Waals surface area contributed by atoms with Gasteiger partial charge in [-0.1, -0.05) is 30.3 Å². The van der Waals surface area contributed by atoms with Gasteiger partial charge in [-0.3, -0.25) is 4.79 Å². The zero-order valence-electron chi connectivity index (χ0n) is 11.6. The minimum absolute atomic E-state index is 0.0978. The molecule has 0 aromatic heterocycles. The van der Waals surface area contributed by atoms with E-state index in [0.717, 1.165) is 5.56 Å². The molecule has 19 heavy (non-hydrogen) atoms. The molecular formula is C15H22N2O2. The molecule has 104 valence electrons. The molecule has 4 nitrogen and oxygen atoms in total. The summed E-state index contributed by atoms with van der Waals surface area (Å²) in [7, 11) is 0. The van der Waals surface area contributed by atoms with E-state index in [1.54, 1.807) is 0 Å². The Kier molecular flexibility index (Phi) is 4.56. The molecule has 1 aromatic carbocycles. The lowest BCUT2D eigenvalue weighted by atomic mass is 10.0. The first-order valence-corrected chi connectivity index (χ1v) is 6.80. The van der Waals surface area contributed by atoms with Crippen LogP contribution < -0.4 is 5.73 Å². The Morgan fingerprint density at radius 2 is 1.89 bits per heavy atom. The van der Waals surface area contributed by atoms with E-state index in [1.165, 1.54) is 0 Å². The molecule has 0 saturated carbocycles. The van der Waals surface area contributed by atoms with Gasteiger partial charge in [0.25, 0.3) is 0 Å². The summed E-state index contributed by atoms with van der Waals surface area (Å²) >= 11 is 0. The molecular weight excluding hydrogens is 240 g/mol. The Balaban J connectivity index is 1.93. The lowest BCUT2D eigenvalue weighted by Crippen LogP contribution is -2.48. The number of amides is 1. The summed E-state index contributed by atoms with van der Waals surface area (Å²) in [5.74, 6) is 0.110. The second-order valence-corrected chi connectivity index (χ2v) is 5.28. The zero-order valence-corrected chi connectivity index (χ0v) is 11.6. The fourth-order valence-corrected chi connectivity index (χ4v) is 2.52. The van der Waals surface area contributed by atoms with Crippen LogP contribution in [0.15, 0.2) is 30.3 Å². The smallest absolute Gasteiger partial charge is 0.224 e. The number of nitrogens with two attached hydrogens (primary N) is 1. The van der Waals surface area contributed by atoms with Crippen molar-refractivity contribution in [2.24, 2.45) is 5.73 Å². The maximum atomic E-state index is 12.3. The van der Waals surface area contributed by atoms with E-state index in [1.807, 2.05) is 49.1 Å². The highest BCUT2D eigenvalue weighted by molar-refractivity contribution is 5.77. The largest absolute Gasteiger partial charge is 0.372 e. The molecule has 0 radical (unpaired) electrons. The Morgan fingerprint density at radius 1 is 1.32 bits per heavy atom. The van der Waals surface area contributed by atoms with E-state index < -0.39 is 0 Å². The van der Waals surface area contributed by atoms with Gasteiger partial charge in [0.1, 0.15) is 0 Å². The molecule has 1 aromatic rings. The van der Waals surface area contributed by atoms with Crippen molar-refractivity contribution in [2.75, 3.05) is 13.1 Å². The minimum atomic E-state index is -0.234. The minimum Gasteiger partial charge on any atom is -0.372 e. The molecule has 2 N–H and O–H groups in total. The molecule has 1 aliphatic rings. The van der Waals surface area contributed by atoms with E-state index >= 15 is 0 Å². The highest BCUT2D eigenvalue weighted by atomic mass is 16.5. The van der Waals surface area contributed by atoms with Crippen LogP contribution in [0, 0.1) is 0 Å². The molecule has 0 spiro atoms. The summed E-state index contributed by atoms with van der Waals surface area (Å²) in [6.45, 7) is 5.30. The van der Waals surface area contributed by atoms with Crippen LogP contribution in [0.3, 0.4) is 0 Å². The zero-order chi connectivity index (χ0) is 13.8. The van der Waals surface area contributed by atoms with Crippen molar-refractivity contribution < 1.29 is 9.53 Å². The van der Waals surface area contributed by atoms with Crippen LogP contribution in [0.4, 0.5) is 0 Å². The van der Waals surface area contributed by atoms with Crippen LogP contribution in [-0.2, 0) is 9.53 Å². The van der Waals surface area contributed by atoms with E-state index in [-0.39, 0.29) is 24.2 Å². The number of nitrogens with zero attached hydrogens (tertiary/aromatic N) is 1.